The van der Waals surface area contributed by atoms with E-state index in [2.05, 4.69) is 15.3 Å². The summed E-state index contributed by atoms with van der Waals surface area (Å²) in [5, 5.41) is 39.1. The maximum absolute atomic E-state index is 13.0. The molecule has 0 aliphatic carbocycles. The van der Waals surface area contributed by atoms with E-state index in [0.29, 0.717) is 5.56 Å². The predicted molar refractivity (Wildman–Crippen MR) is 116 cm³/mol. The number of amides is 1. The van der Waals surface area contributed by atoms with Gasteiger partial charge in [-0.25, -0.2) is 13.6 Å². The molecule has 0 spiro atoms. The molecule has 1 aliphatic rings. The molecule has 168 valence electrons. The van der Waals surface area contributed by atoms with E-state index in [4.69, 9.17) is 16.7 Å². The molecule has 1 aliphatic heterocycles. The van der Waals surface area contributed by atoms with Crippen LogP contribution in [0.4, 0.5) is 17.1 Å². The number of anilines is 1. The number of carbonyl (C=O) groups is 1. The van der Waals surface area contributed by atoms with Crippen LogP contribution in [0.25, 0.3) is 0 Å². The molecule has 0 fully saturated rings. The van der Waals surface area contributed by atoms with Gasteiger partial charge in [0.25, 0.3) is 5.91 Å². The number of hydrogen-bond donors (Lipinski definition) is 2. The number of nitrogens with zero attached hydrogens (tertiary/aromatic N) is 5. The molecule has 0 bridgehead atoms. The molecule has 3 rings (SSSR count). The zero-order chi connectivity index (χ0) is 24.0. The number of nitro groups is 1. The Morgan fingerprint density at radius 1 is 1.28 bits per heavy atom. The van der Waals surface area contributed by atoms with Gasteiger partial charge in [-0.05, 0) is 44.0 Å². The number of aromatic hydroxyl groups is 1. The van der Waals surface area contributed by atoms with Crippen LogP contribution in [0.1, 0.15) is 18.1 Å². The Bertz CT molecular complexity index is 1320. The van der Waals surface area contributed by atoms with Gasteiger partial charge in [-0.2, -0.15) is 20.3 Å². The summed E-state index contributed by atoms with van der Waals surface area (Å²) in [4.78, 5) is 23.1. The normalized spacial score (nSPS) is 16.7. The van der Waals surface area contributed by atoms with E-state index in [9.17, 15) is 28.4 Å². The van der Waals surface area contributed by atoms with Gasteiger partial charge in [0.05, 0.1) is 21.2 Å². The first-order chi connectivity index (χ1) is 14.8. The van der Waals surface area contributed by atoms with Crippen molar-refractivity contribution in [3.05, 3.63) is 50.5 Å². The molecule has 2 aromatic rings. The number of halogens is 1. The Labute approximate surface area is 187 Å². The number of nitro benzene ring substituents is 1. The maximum atomic E-state index is 13.0. The van der Waals surface area contributed by atoms with Gasteiger partial charge in [-0.15, -0.1) is 0 Å². The van der Waals surface area contributed by atoms with Crippen LogP contribution in [0.3, 0.4) is 0 Å². The number of nitrogens with two attached hydrogens (primary N) is 1. The van der Waals surface area contributed by atoms with Crippen LogP contribution >= 0.6 is 11.6 Å². The van der Waals surface area contributed by atoms with Crippen LogP contribution in [0.2, 0.25) is 5.02 Å². The highest BCUT2D eigenvalue weighted by Crippen LogP contribution is 2.39. The number of benzene rings is 2. The second kappa shape index (κ2) is 8.26. The summed E-state index contributed by atoms with van der Waals surface area (Å²) in [6.45, 7) is 4.68. The third kappa shape index (κ3) is 4.17. The van der Waals surface area contributed by atoms with E-state index in [1.54, 1.807) is 6.92 Å². The first kappa shape index (κ1) is 23.2. The Morgan fingerprint density at radius 3 is 2.53 bits per heavy atom. The average molecular weight is 481 g/mol. The summed E-state index contributed by atoms with van der Waals surface area (Å²) < 4.78 is 23.7. The molecular formula is C18H17ClN6O6S. The Balaban J connectivity index is 2.01. The van der Waals surface area contributed by atoms with Gasteiger partial charge in [-0.1, -0.05) is 17.7 Å². The molecule has 1 atom stereocenters. The second-order valence-corrected chi connectivity index (χ2v) is 8.92. The van der Waals surface area contributed by atoms with Gasteiger partial charge in [-0.3, -0.25) is 14.9 Å². The SMILES string of the molecule is CC1=NN(c2c(C)ccc(S(N)(=O)=O)c2C)C(=O)C1N=Nc1cc(Cl)cc([N+](=O)[O-])c1O. The van der Waals surface area contributed by atoms with E-state index in [0.717, 1.165) is 17.1 Å². The maximum Gasteiger partial charge on any atom is 0.314 e. The molecule has 1 unspecified atom stereocenters. The highest BCUT2D eigenvalue weighted by atomic mass is 35.5. The summed E-state index contributed by atoms with van der Waals surface area (Å²) in [6, 6.07) is 3.74. The summed E-state index contributed by atoms with van der Waals surface area (Å²) in [6.07, 6.45) is 0. The average Bonchev–Trinajstić information content (AvgIpc) is 2.94. The molecule has 0 aromatic heterocycles. The van der Waals surface area contributed by atoms with Crippen molar-refractivity contribution in [2.45, 2.75) is 31.7 Å². The quantitative estimate of drug-likeness (QED) is 0.376. The number of hydrazone groups is 1. The van der Waals surface area contributed by atoms with Crippen LogP contribution in [0.15, 0.2) is 44.5 Å². The van der Waals surface area contributed by atoms with Gasteiger partial charge in [0, 0.05) is 11.1 Å². The topological polar surface area (TPSA) is 181 Å². The molecule has 32 heavy (non-hydrogen) atoms. The molecule has 0 radical (unpaired) electrons. The van der Waals surface area contributed by atoms with Crippen molar-refractivity contribution in [3.8, 4) is 5.75 Å². The van der Waals surface area contributed by atoms with Crippen molar-refractivity contribution in [2.24, 2.45) is 20.5 Å². The van der Waals surface area contributed by atoms with Crippen molar-refractivity contribution in [1.82, 2.24) is 0 Å². The first-order valence-corrected chi connectivity index (χ1v) is 10.8. The summed E-state index contributed by atoms with van der Waals surface area (Å²) in [5.41, 5.74) is 0.307. The van der Waals surface area contributed by atoms with Gasteiger partial charge in [0.2, 0.25) is 15.8 Å². The summed E-state index contributed by atoms with van der Waals surface area (Å²) in [5.74, 6) is -1.40. The Kier molecular flexibility index (Phi) is 6.00. The molecule has 14 heteroatoms. The van der Waals surface area contributed by atoms with E-state index < -0.39 is 38.3 Å². The van der Waals surface area contributed by atoms with Crippen molar-refractivity contribution in [2.75, 3.05) is 5.01 Å². The van der Waals surface area contributed by atoms with Gasteiger partial charge < -0.3 is 5.11 Å². The predicted octanol–water partition coefficient (Wildman–Crippen LogP) is 3.09. The molecule has 1 heterocycles. The van der Waals surface area contributed by atoms with Gasteiger partial charge >= 0.3 is 5.69 Å². The molecule has 1 amide bonds. The fourth-order valence-electron chi connectivity index (χ4n) is 3.21. The van der Waals surface area contributed by atoms with Crippen LogP contribution in [0.5, 0.6) is 5.75 Å². The number of carbonyl (C=O) groups excluding carboxylic acids is 1. The highest BCUT2D eigenvalue weighted by Gasteiger charge is 2.37. The van der Waals surface area contributed by atoms with Crippen molar-refractivity contribution >= 4 is 50.3 Å². The minimum absolute atomic E-state index is 0.0562. The smallest absolute Gasteiger partial charge is 0.314 e. The zero-order valence-electron chi connectivity index (χ0n) is 17.0. The lowest BCUT2D eigenvalue weighted by Gasteiger charge is -2.19. The molecule has 12 nitrogen and oxygen atoms in total. The van der Waals surface area contributed by atoms with Crippen LogP contribution < -0.4 is 10.1 Å². The van der Waals surface area contributed by atoms with E-state index in [1.807, 2.05) is 0 Å². The first-order valence-electron chi connectivity index (χ1n) is 8.92. The summed E-state index contributed by atoms with van der Waals surface area (Å²) in [7, 11) is -4.04. The number of phenolic OH excluding ortho intramolecular Hbond substituents is 1. The lowest BCUT2D eigenvalue weighted by Crippen LogP contribution is -2.31. The number of hydrogen-bond acceptors (Lipinski definition) is 9. The minimum Gasteiger partial charge on any atom is -0.501 e. The Hall–Kier alpha value is -3.42. The number of aryl methyl sites for hydroxylation is 1. The largest absolute Gasteiger partial charge is 0.501 e. The molecular weight excluding hydrogens is 464 g/mol. The van der Waals surface area contributed by atoms with Crippen molar-refractivity contribution < 1.29 is 23.2 Å². The number of primary sulfonamides is 1. The molecule has 3 N–H and O–H groups in total. The zero-order valence-corrected chi connectivity index (χ0v) is 18.5. The second-order valence-electron chi connectivity index (χ2n) is 6.96. The molecule has 0 saturated heterocycles. The lowest BCUT2D eigenvalue weighted by molar-refractivity contribution is -0.385. The highest BCUT2D eigenvalue weighted by molar-refractivity contribution is 7.89. The number of sulfonamides is 1. The van der Waals surface area contributed by atoms with Crippen LogP contribution in [0, 0.1) is 24.0 Å². The van der Waals surface area contributed by atoms with E-state index in [1.165, 1.54) is 26.0 Å². The standard InChI is InChI=1S/C18H17ClN6O6S/c1-8-4-5-14(32(20,30)31)9(2)16(8)24-18(27)15(10(3)23-24)22-21-12-6-11(19)7-13(17(12)26)25(28)29/h4-7,15,26H,1-3H3,(H2,20,30,31). The minimum atomic E-state index is -4.04. The monoisotopic (exact) mass is 480 g/mol. The van der Waals surface area contributed by atoms with E-state index >= 15 is 0 Å². The third-order valence-corrected chi connectivity index (χ3v) is 5.98. The fraction of sp³-hybridized carbons (Fsp3) is 0.222. The molecule has 2 aromatic carbocycles. The van der Waals surface area contributed by atoms with Crippen molar-refractivity contribution in [1.29, 1.82) is 0 Å². The fourth-order valence-corrected chi connectivity index (χ4v) is 4.19. The summed E-state index contributed by atoms with van der Waals surface area (Å²) >= 11 is 5.83. The number of rotatable bonds is 5. The number of azo groups is 1. The van der Waals surface area contributed by atoms with Crippen LogP contribution in [-0.4, -0.2) is 36.1 Å². The van der Waals surface area contributed by atoms with Crippen LogP contribution in [-0.2, 0) is 14.8 Å². The van der Waals surface area contributed by atoms with Gasteiger partial charge in [0.15, 0.2) is 6.04 Å². The lowest BCUT2D eigenvalue weighted by atomic mass is 10.1. The van der Waals surface area contributed by atoms with Crippen molar-refractivity contribution in [3.63, 3.8) is 0 Å². The third-order valence-electron chi connectivity index (χ3n) is 4.71. The Morgan fingerprint density at radius 2 is 1.94 bits per heavy atom. The van der Waals surface area contributed by atoms with E-state index in [-0.39, 0.29) is 32.6 Å². The van der Waals surface area contributed by atoms with Gasteiger partial charge in [0.1, 0.15) is 5.69 Å². The number of phenols is 1. The molecule has 0 saturated carbocycles.